The molecule has 0 atom stereocenters. The highest BCUT2D eigenvalue weighted by atomic mass is 16.7. The maximum absolute atomic E-state index is 5.64. The molecule has 1 aromatic heterocycles. The van der Waals surface area contributed by atoms with Gasteiger partial charge in [0.2, 0.25) is 0 Å². The Hall–Kier alpha value is -0.880. The number of nitrogens with zero attached hydrogens (tertiary/aromatic N) is 1. The molecule has 1 saturated heterocycles. The first kappa shape index (κ1) is 13.5. The molecule has 1 fully saturated rings. The zero-order valence-corrected chi connectivity index (χ0v) is 11.2. The summed E-state index contributed by atoms with van der Waals surface area (Å²) < 4.78 is 11.3. The third-order valence-electron chi connectivity index (χ3n) is 3.66. The molecule has 0 spiro atoms. The second kappa shape index (κ2) is 6.33. The number of piperazine rings is 1. The molecule has 2 N–H and O–H groups in total. The quantitative estimate of drug-likeness (QED) is 0.735. The number of ether oxygens (including phenoxy) is 2. The molecular weight excluding hydrogens is 230 g/mol. The van der Waals surface area contributed by atoms with Crippen molar-refractivity contribution in [2.75, 3.05) is 46.9 Å². The minimum Gasteiger partial charge on any atom is -0.367 e. The van der Waals surface area contributed by atoms with Crippen LogP contribution < -0.4 is 5.32 Å². The van der Waals surface area contributed by atoms with E-state index in [2.05, 4.69) is 15.2 Å². The summed E-state index contributed by atoms with van der Waals surface area (Å²) in [7, 11) is 3.41. The highest BCUT2D eigenvalue weighted by molar-refractivity contribution is 5.15. The van der Waals surface area contributed by atoms with Gasteiger partial charge in [-0.3, -0.25) is 0 Å². The fraction of sp³-hybridized carbons (Fsp3) is 0.692. The predicted octanol–water partition coefficient (Wildman–Crippen LogP) is 0.756. The second-order valence-electron chi connectivity index (χ2n) is 4.60. The Balaban J connectivity index is 1.97. The summed E-state index contributed by atoms with van der Waals surface area (Å²) in [6.07, 6.45) is 4.66. The van der Waals surface area contributed by atoms with E-state index >= 15 is 0 Å². The lowest BCUT2D eigenvalue weighted by atomic mass is 10.1. The number of nitrogens with one attached hydrogen (secondary N) is 2. The number of aromatic nitrogens is 1. The summed E-state index contributed by atoms with van der Waals surface area (Å²) in [5.41, 5.74) is 1.04. The maximum atomic E-state index is 5.64. The van der Waals surface area contributed by atoms with Gasteiger partial charge in [0.05, 0.1) is 0 Å². The monoisotopic (exact) mass is 253 g/mol. The van der Waals surface area contributed by atoms with Crippen LogP contribution in [0.5, 0.6) is 0 Å². The van der Waals surface area contributed by atoms with Crippen LogP contribution >= 0.6 is 0 Å². The van der Waals surface area contributed by atoms with Crippen LogP contribution in [-0.2, 0) is 15.3 Å². The normalized spacial score (nSPS) is 18.1. The number of hydrogen-bond acceptors (Lipinski definition) is 4. The van der Waals surface area contributed by atoms with E-state index in [9.17, 15) is 0 Å². The molecule has 1 aliphatic rings. The molecule has 1 aromatic rings. The van der Waals surface area contributed by atoms with Crippen LogP contribution in [0.3, 0.4) is 0 Å². The smallest absolute Gasteiger partial charge is 0.196 e. The van der Waals surface area contributed by atoms with E-state index in [0.29, 0.717) is 0 Å². The number of H-pyrrole nitrogens is 1. The Morgan fingerprint density at radius 2 is 2.00 bits per heavy atom. The Bertz CT molecular complexity index is 330. The Morgan fingerprint density at radius 3 is 2.56 bits per heavy atom. The van der Waals surface area contributed by atoms with Gasteiger partial charge in [0, 0.05) is 71.3 Å². The van der Waals surface area contributed by atoms with Gasteiger partial charge >= 0.3 is 0 Å². The largest absolute Gasteiger partial charge is 0.367 e. The maximum Gasteiger partial charge on any atom is 0.196 e. The highest BCUT2D eigenvalue weighted by Gasteiger charge is 2.33. The van der Waals surface area contributed by atoms with Crippen LogP contribution in [-0.4, -0.2) is 56.8 Å². The number of hydrogen-bond donors (Lipinski definition) is 2. The van der Waals surface area contributed by atoms with E-state index in [-0.39, 0.29) is 0 Å². The first-order valence-electron chi connectivity index (χ1n) is 6.47. The highest BCUT2D eigenvalue weighted by Crippen LogP contribution is 2.29. The van der Waals surface area contributed by atoms with Crippen molar-refractivity contribution >= 4 is 0 Å². The lowest BCUT2D eigenvalue weighted by Gasteiger charge is -2.34. The SMILES string of the molecule is COC(CCN1CCNCC1)(OC)c1cc[nH]c1. The fourth-order valence-electron chi connectivity index (χ4n) is 2.47. The molecule has 2 heterocycles. The summed E-state index contributed by atoms with van der Waals surface area (Å²) in [5.74, 6) is -0.634. The zero-order valence-electron chi connectivity index (χ0n) is 11.2. The molecule has 0 saturated carbocycles. The van der Waals surface area contributed by atoms with E-state index in [1.165, 1.54) is 0 Å². The first-order valence-corrected chi connectivity index (χ1v) is 6.47. The van der Waals surface area contributed by atoms with Crippen LogP contribution in [0.15, 0.2) is 18.5 Å². The van der Waals surface area contributed by atoms with E-state index in [1.54, 1.807) is 14.2 Å². The van der Waals surface area contributed by atoms with Gasteiger partial charge in [-0.1, -0.05) is 0 Å². The topological polar surface area (TPSA) is 49.5 Å². The summed E-state index contributed by atoms with van der Waals surface area (Å²) in [4.78, 5) is 5.50. The molecule has 102 valence electrons. The summed E-state index contributed by atoms with van der Waals surface area (Å²) in [6.45, 7) is 5.30. The number of methoxy groups -OCH3 is 2. The molecule has 0 aromatic carbocycles. The van der Waals surface area contributed by atoms with Crippen molar-refractivity contribution < 1.29 is 9.47 Å². The van der Waals surface area contributed by atoms with E-state index in [0.717, 1.165) is 44.7 Å². The van der Waals surface area contributed by atoms with Crippen molar-refractivity contribution in [3.8, 4) is 0 Å². The predicted molar refractivity (Wildman–Crippen MR) is 70.4 cm³/mol. The van der Waals surface area contributed by atoms with Crippen LogP contribution in [0.25, 0.3) is 0 Å². The van der Waals surface area contributed by atoms with Crippen LogP contribution in [0.2, 0.25) is 0 Å². The summed E-state index contributed by atoms with van der Waals surface area (Å²) >= 11 is 0. The van der Waals surface area contributed by atoms with Crippen molar-refractivity contribution in [2.24, 2.45) is 0 Å². The van der Waals surface area contributed by atoms with Gasteiger partial charge in [-0.2, -0.15) is 0 Å². The Morgan fingerprint density at radius 1 is 1.28 bits per heavy atom. The van der Waals surface area contributed by atoms with E-state index < -0.39 is 5.79 Å². The van der Waals surface area contributed by atoms with Gasteiger partial charge in [0.1, 0.15) is 0 Å². The minimum absolute atomic E-state index is 0.634. The standard InChI is InChI=1S/C13H23N3O2/c1-17-13(18-2,12-3-5-15-11-12)4-8-16-9-6-14-7-10-16/h3,5,11,14-15H,4,6-10H2,1-2H3. The summed E-state index contributed by atoms with van der Waals surface area (Å²) in [6, 6.07) is 2.00. The molecule has 2 rings (SSSR count). The average molecular weight is 253 g/mol. The van der Waals surface area contributed by atoms with Gasteiger partial charge < -0.3 is 24.7 Å². The van der Waals surface area contributed by atoms with Gasteiger partial charge in [-0.05, 0) is 6.07 Å². The molecule has 1 aliphatic heterocycles. The molecule has 0 aliphatic carbocycles. The zero-order chi connectivity index (χ0) is 12.8. The Labute approximate surface area is 108 Å². The second-order valence-corrected chi connectivity index (χ2v) is 4.60. The van der Waals surface area contributed by atoms with E-state index in [1.807, 2.05) is 18.5 Å². The first-order chi connectivity index (χ1) is 8.80. The van der Waals surface area contributed by atoms with Gasteiger partial charge in [-0.25, -0.2) is 0 Å². The lowest BCUT2D eigenvalue weighted by Crippen LogP contribution is -2.45. The lowest BCUT2D eigenvalue weighted by molar-refractivity contribution is -0.222. The molecule has 5 nitrogen and oxygen atoms in total. The molecule has 0 unspecified atom stereocenters. The van der Waals surface area contributed by atoms with Crippen LogP contribution in [0.1, 0.15) is 12.0 Å². The molecule has 0 bridgehead atoms. The van der Waals surface area contributed by atoms with Crippen LogP contribution in [0.4, 0.5) is 0 Å². The van der Waals surface area contributed by atoms with Gasteiger partial charge in [-0.15, -0.1) is 0 Å². The molecule has 0 radical (unpaired) electrons. The molecular formula is C13H23N3O2. The van der Waals surface area contributed by atoms with Crippen molar-refractivity contribution in [1.29, 1.82) is 0 Å². The number of rotatable bonds is 6. The van der Waals surface area contributed by atoms with Gasteiger partial charge in [0.25, 0.3) is 0 Å². The van der Waals surface area contributed by atoms with Crippen molar-refractivity contribution in [3.63, 3.8) is 0 Å². The van der Waals surface area contributed by atoms with Crippen molar-refractivity contribution in [2.45, 2.75) is 12.2 Å². The molecule has 18 heavy (non-hydrogen) atoms. The number of aromatic amines is 1. The van der Waals surface area contributed by atoms with E-state index in [4.69, 9.17) is 9.47 Å². The van der Waals surface area contributed by atoms with Gasteiger partial charge in [0.15, 0.2) is 5.79 Å². The van der Waals surface area contributed by atoms with Crippen molar-refractivity contribution in [1.82, 2.24) is 15.2 Å². The Kier molecular flexibility index (Phi) is 4.77. The molecule has 0 amide bonds. The third-order valence-corrected chi connectivity index (χ3v) is 3.66. The minimum atomic E-state index is -0.634. The fourth-order valence-corrected chi connectivity index (χ4v) is 2.47. The van der Waals surface area contributed by atoms with Crippen LogP contribution in [0, 0.1) is 0 Å². The average Bonchev–Trinajstić information content (AvgIpc) is 2.96. The third kappa shape index (κ3) is 2.92. The summed E-state index contributed by atoms with van der Waals surface area (Å²) in [5, 5.41) is 3.36. The van der Waals surface area contributed by atoms with Crippen molar-refractivity contribution in [3.05, 3.63) is 24.0 Å². The molecule has 5 heteroatoms.